The maximum Gasteiger partial charge on any atom is 0.525 e. The Hall–Kier alpha value is -1.57. The zero-order valence-electron chi connectivity index (χ0n) is 15.7. The standard InChI is InChI=1S/C20H26BFO2/c1-18(2,3)12-11-15-9-8-10-16(13-15)14-17(22)21-23-19(4,5)20(6,7)24-21/h8-10,13-14H,1-7H3. The van der Waals surface area contributed by atoms with Gasteiger partial charge in [-0.3, -0.25) is 0 Å². The summed E-state index contributed by atoms with van der Waals surface area (Å²) in [6.45, 7) is 13.8. The Morgan fingerprint density at radius 3 is 2.25 bits per heavy atom. The highest BCUT2D eigenvalue weighted by atomic mass is 19.1. The summed E-state index contributed by atoms with van der Waals surface area (Å²) in [5.74, 6) is 6.31. The largest absolute Gasteiger partial charge is 0.525 e. The summed E-state index contributed by atoms with van der Waals surface area (Å²) in [6, 6.07) is 7.50. The second-order valence-corrected chi connectivity index (χ2v) is 8.24. The van der Waals surface area contributed by atoms with E-state index in [-0.39, 0.29) is 5.41 Å². The third kappa shape index (κ3) is 4.50. The summed E-state index contributed by atoms with van der Waals surface area (Å²) in [6.07, 6.45) is 1.45. The SMILES string of the molecule is CC(C)(C)C#Cc1cccc(C=C(F)B2OC(C)(C)C(C)(C)O2)c1. The van der Waals surface area contributed by atoms with Crippen LogP contribution >= 0.6 is 0 Å². The van der Waals surface area contributed by atoms with Gasteiger partial charge in [-0.2, -0.15) is 0 Å². The van der Waals surface area contributed by atoms with Gasteiger partial charge in [-0.05, 0) is 72.2 Å². The van der Waals surface area contributed by atoms with Crippen LogP contribution in [0.3, 0.4) is 0 Å². The fourth-order valence-electron chi connectivity index (χ4n) is 2.15. The van der Waals surface area contributed by atoms with Crippen molar-refractivity contribution in [1.29, 1.82) is 0 Å². The van der Waals surface area contributed by atoms with Crippen LogP contribution in [0.4, 0.5) is 4.39 Å². The monoisotopic (exact) mass is 328 g/mol. The average Bonchev–Trinajstić information content (AvgIpc) is 2.65. The molecule has 0 unspecified atom stereocenters. The first-order valence-electron chi connectivity index (χ1n) is 8.26. The van der Waals surface area contributed by atoms with E-state index in [1.54, 1.807) is 0 Å². The zero-order chi connectivity index (χ0) is 18.2. The molecule has 2 rings (SSSR count). The number of benzene rings is 1. The van der Waals surface area contributed by atoms with Crippen molar-refractivity contribution in [2.24, 2.45) is 5.41 Å². The average molecular weight is 328 g/mol. The lowest BCUT2D eigenvalue weighted by molar-refractivity contribution is 0.00578. The zero-order valence-corrected chi connectivity index (χ0v) is 15.7. The van der Waals surface area contributed by atoms with Crippen molar-refractivity contribution in [3.05, 3.63) is 41.1 Å². The molecule has 0 aliphatic carbocycles. The molecule has 0 saturated carbocycles. The van der Waals surface area contributed by atoms with E-state index in [4.69, 9.17) is 9.31 Å². The second-order valence-electron chi connectivity index (χ2n) is 8.24. The van der Waals surface area contributed by atoms with E-state index in [0.29, 0.717) is 0 Å². The van der Waals surface area contributed by atoms with Gasteiger partial charge in [-0.1, -0.05) is 24.0 Å². The lowest BCUT2D eigenvalue weighted by Gasteiger charge is -2.32. The molecule has 0 bridgehead atoms. The molecule has 0 radical (unpaired) electrons. The molecule has 1 aromatic rings. The number of hydrogen-bond donors (Lipinski definition) is 0. The molecule has 128 valence electrons. The van der Waals surface area contributed by atoms with E-state index in [1.165, 1.54) is 6.08 Å². The van der Waals surface area contributed by atoms with Crippen molar-refractivity contribution < 1.29 is 13.7 Å². The first-order chi connectivity index (χ1) is 10.9. The van der Waals surface area contributed by atoms with Crippen LogP contribution in [0.15, 0.2) is 30.0 Å². The lowest BCUT2D eigenvalue weighted by Crippen LogP contribution is -2.41. The van der Waals surface area contributed by atoms with E-state index in [2.05, 4.69) is 32.6 Å². The normalized spacial score (nSPS) is 19.8. The molecule has 1 aliphatic heterocycles. The minimum Gasteiger partial charge on any atom is -0.398 e. The third-order valence-electron chi connectivity index (χ3n) is 4.25. The van der Waals surface area contributed by atoms with Crippen LogP contribution in [0.25, 0.3) is 6.08 Å². The molecule has 1 aliphatic rings. The molecule has 24 heavy (non-hydrogen) atoms. The van der Waals surface area contributed by atoms with Gasteiger partial charge in [-0.15, -0.1) is 0 Å². The quantitative estimate of drug-likeness (QED) is 0.560. The Labute approximate surface area is 145 Å². The van der Waals surface area contributed by atoms with E-state index in [9.17, 15) is 4.39 Å². The van der Waals surface area contributed by atoms with Crippen molar-refractivity contribution in [2.75, 3.05) is 0 Å². The molecule has 1 saturated heterocycles. The van der Waals surface area contributed by atoms with Crippen molar-refractivity contribution in [2.45, 2.75) is 59.7 Å². The van der Waals surface area contributed by atoms with Crippen molar-refractivity contribution in [3.8, 4) is 11.8 Å². The van der Waals surface area contributed by atoms with Crippen molar-refractivity contribution >= 4 is 13.2 Å². The Bertz CT molecular complexity index is 686. The van der Waals surface area contributed by atoms with Gasteiger partial charge < -0.3 is 9.31 Å². The van der Waals surface area contributed by atoms with Gasteiger partial charge in [0.05, 0.1) is 11.2 Å². The highest BCUT2D eigenvalue weighted by Crippen LogP contribution is 2.39. The molecule has 4 heteroatoms. The number of hydrogen-bond acceptors (Lipinski definition) is 2. The third-order valence-corrected chi connectivity index (χ3v) is 4.25. The molecule has 0 spiro atoms. The fourth-order valence-corrected chi connectivity index (χ4v) is 2.15. The van der Waals surface area contributed by atoms with Crippen LogP contribution in [0.5, 0.6) is 0 Å². The van der Waals surface area contributed by atoms with Gasteiger partial charge in [0.15, 0.2) is 0 Å². The van der Waals surface area contributed by atoms with Crippen LogP contribution in [-0.2, 0) is 9.31 Å². The molecule has 1 aromatic carbocycles. The van der Waals surface area contributed by atoms with E-state index >= 15 is 0 Å². The van der Waals surface area contributed by atoms with Crippen molar-refractivity contribution in [1.82, 2.24) is 0 Å². The Balaban J connectivity index is 2.21. The number of halogens is 1. The molecule has 1 heterocycles. The van der Waals surface area contributed by atoms with Crippen LogP contribution in [0.2, 0.25) is 0 Å². The first kappa shape index (κ1) is 18.8. The second kappa shape index (κ2) is 6.39. The molecule has 0 amide bonds. The Kier molecular flexibility index (Phi) is 5.00. The molecule has 0 atom stereocenters. The minimum absolute atomic E-state index is 0.0697. The summed E-state index contributed by atoms with van der Waals surface area (Å²) in [4.78, 5) is 0. The minimum atomic E-state index is -0.973. The summed E-state index contributed by atoms with van der Waals surface area (Å²) in [7, 11) is -0.973. The molecule has 0 N–H and O–H groups in total. The van der Waals surface area contributed by atoms with Crippen LogP contribution < -0.4 is 0 Å². The van der Waals surface area contributed by atoms with Gasteiger partial charge >= 0.3 is 7.12 Å². The predicted molar refractivity (Wildman–Crippen MR) is 97.9 cm³/mol. The lowest BCUT2D eigenvalue weighted by atomic mass is 9.86. The van der Waals surface area contributed by atoms with E-state index in [0.717, 1.165) is 11.1 Å². The van der Waals surface area contributed by atoms with Crippen LogP contribution in [0.1, 0.15) is 59.6 Å². The fraction of sp³-hybridized carbons (Fsp3) is 0.500. The Morgan fingerprint density at radius 2 is 1.71 bits per heavy atom. The first-order valence-corrected chi connectivity index (χ1v) is 8.26. The van der Waals surface area contributed by atoms with Gasteiger partial charge in [0, 0.05) is 11.0 Å². The van der Waals surface area contributed by atoms with Gasteiger partial charge in [-0.25, -0.2) is 4.39 Å². The van der Waals surface area contributed by atoms with E-state index in [1.807, 2.05) is 52.0 Å². The summed E-state index contributed by atoms with van der Waals surface area (Å²) in [5, 5.41) is 0. The highest BCUT2D eigenvalue weighted by molar-refractivity contribution is 6.54. The molecule has 1 fully saturated rings. The topological polar surface area (TPSA) is 18.5 Å². The van der Waals surface area contributed by atoms with Crippen LogP contribution in [-0.4, -0.2) is 18.3 Å². The van der Waals surface area contributed by atoms with Crippen molar-refractivity contribution in [3.63, 3.8) is 0 Å². The highest BCUT2D eigenvalue weighted by Gasteiger charge is 2.53. The summed E-state index contributed by atoms with van der Waals surface area (Å²) >= 11 is 0. The molecular formula is C20H26BFO2. The summed E-state index contributed by atoms with van der Waals surface area (Å²) in [5.41, 5.74) is -0.0103. The maximum atomic E-state index is 14.6. The van der Waals surface area contributed by atoms with Gasteiger partial charge in [0.25, 0.3) is 0 Å². The van der Waals surface area contributed by atoms with E-state index < -0.39 is 24.0 Å². The smallest absolute Gasteiger partial charge is 0.398 e. The molecule has 0 aromatic heterocycles. The Morgan fingerprint density at radius 1 is 1.12 bits per heavy atom. The predicted octanol–water partition coefficient (Wildman–Crippen LogP) is 5.03. The maximum absolute atomic E-state index is 14.6. The summed E-state index contributed by atoms with van der Waals surface area (Å²) < 4.78 is 26.0. The molecular weight excluding hydrogens is 302 g/mol. The van der Waals surface area contributed by atoms with Gasteiger partial charge in [0.2, 0.25) is 0 Å². The molecule has 2 nitrogen and oxygen atoms in total. The van der Waals surface area contributed by atoms with Gasteiger partial charge in [0.1, 0.15) is 5.73 Å². The number of rotatable bonds is 2. The van der Waals surface area contributed by atoms with Crippen LogP contribution in [0, 0.1) is 17.3 Å².